The number of ether oxygens (including phenoxy) is 3. The van der Waals surface area contributed by atoms with Gasteiger partial charge in [0.05, 0.1) is 49.7 Å². The molecule has 2 aromatic rings. The van der Waals surface area contributed by atoms with Crippen molar-refractivity contribution in [3.8, 4) is 11.5 Å². The Balaban J connectivity index is 2.01. The third kappa shape index (κ3) is 7.80. The van der Waals surface area contributed by atoms with E-state index in [-0.39, 0.29) is 29.8 Å². The quantitative estimate of drug-likeness (QED) is 0.260. The summed E-state index contributed by atoms with van der Waals surface area (Å²) in [5.74, 6) is 0.663. The minimum Gasteiger partial charge on any atom is -0.496 e. The fourth-order valence-electron chi connectivity index (χ4n) is 4.65. The predicted octanol–water partition coefficient (Wildman–Crippen LogP) is 7.12. The molecule has 2 atom stereocenters. The average molecular weight is 564 g/mol. The maximum atomic E-state index is 11.1. The maximum absolute atomic E-state index is 11.1. The van der Waals surface area contributed by atoms with Crippen LogP contribution in [0.3, 0.4) is 0 Å². The van der Waals surface area contributed by atoms with E-state index >= 15 is 0 Å². The number of carboxylic acid groups (broad SMARTS) is 1. The van der Waals surface area contributed by atoms with Crippen LogP contribution in [0, 0.1) is 6.92 Å². The fraction of sp³-hybridized carbons (Fsp3) is 0.655. The number of rotatable bonds is 13. The van der Waals surface area contributed by atoms with Crippen molar-refractivity contribution in [3.63, 3.8) is 0 Å². The number of aromatic nitrogens is 1. The highest BCUT2D eigenvalue weighted by Crippen LogP contribution is 2.44. The molecule has 1 fully saturated rings. The second-order valence-electron chi connectivity index (χ2n) is 11.8. The van der Waals surface area contributed by atoms with E-state index < -0.39 is 14.3 Å². The van der Waals surface area contributed by atoms with Gasteiger partial charge in [0.15, 0.2) is 8.32 Å². The van der Waals surface area contributed by atoms with Gasteiger partial charge in [0.2, 0.25) is 0 Å². The number of carbonyl (C=O) groups is 1. The van der Waals surface area contributed by atoms with Gasteiger partial charge in [-0.05, 0) is 62.0 Å². The molecule has 0 radical (unpaired) electrons. The first-order chi connectivity index (χ1) is 17.8. The summed E-state index contributed by atoms with van der Waals surface area (Å²) in [4.78, 5) is 15.7. The maximum Gasteiger partial charge on any atom is 0.309 e. The molecule has 1 heterocycles. The average Bonchev–Trinajstić information content (AvgIpc) is 3.51. The largest absolute Gasteiger partial charge is 0.496 e. The molecular weight excluding hydrogens is 518 g/mol. The first kappa shape index (κ1) is 30.6. The molecule has 212 valence electrons. The molecule has 0 spiro atoms. The van der Waals surface area contributed by atoms with Gasteiger partial charge in [0.1, 0.15) is 11.5 Å². The molecule has 1 aliphatic rings. The first-order valence-corrected chi connectivity index (χ1v) is 17.3. The van der Waals surface area contributed by atoms with Crippen molar-refractivity contribution >= 4 is 25.6 Å². The van der Waals surface area contributed by atoms with Crippen molar-refractivity contribution in [3.05, 3.63) is 39.3 Å². The Morgan fingerprint density at radius 2 is 1.76 bits per heavy atom. The Morgan fingerprint density at radius 1 is 1.16 bits per heavy atom. The molecular formula is C29H45NO6SSi. The van der Waals surface area contributed by atoms with Gasteiger partial charge in [-0.2, -0.15) is 0 Å². The van der Waals surface area contributed by atoms with Crippen LogP contribution < -0.4 is 9.47 Å². The van der Waals surface area contributed by atoms with Gasteiger partial charge < -0.3 is 23.7 Å². The molecule has 0 aliphatic heterocycles. The van der Waals surface area contributed by atoms with Gasteiger partial charge in [-0.1, -0.05) is 33.6 Å². The van der Waals surface area contributed by atoms with Crippen molar-refractivity contribution in [2.45, 2.75) is 109 Å². The third-order valence-electron chi connectivity index (χ3n) is 7.91. The molecule has 9 heteroatoms. The zero-order valence-electron chi connectivity index (χ0n) is 24.3. The summed E-state index contributed by atoms with van der Waals surface area (Å²) < 4.78 is 25.5. The Morgan fingerprint density at radius 3 is 2.29 bits per heavy atom. The zero-order chi connectivity index (χ0) is 28.1. The minimum absolute atomic E-state index is 0.0169. The van der Waals surface area contributed by atoms with Crippen LogP contribution in [-0.2, 0) is 26.8 Å². The summed E-state index contributed by atoms with van der Waals surface area (Å²) in [6, 6.07) is 4.13. The lowest BCUT2D eigenvalue weighted by molar-refractivity contribution is -0.136. The first-order valence-electron chi connectivity index (χ1n) is 13.6. The van der Waals surface area contributed by atoms with E-state index in [0.717, 1.165) is 40.5 Å². The van der Waals surface area contributed by atoms with Gasteiger partial charge in [0.25, 0.3) is 0 Å². The number of thiazole rings is 1. The highest BCUT2D eigenvalue weighted by molar-refractivity contribution is 7.09. The molecule has 1 aromatic carbocycles. The summed E-state index contributed by atoms with van der Waals surface area (Å²) >= 11 is 1.51. The Hall–Kier alpha value is -1.94. The predicted molar refractivity (Wildman–Crippen MR) is 154 cm³/mol. The molecule has 0 unspecified atom stereocenters. The van der Waals surface area contributed by atoms with E-state index in [1.54, 1.807) is 14.2 Å². The minimum atomic E-state index is -2.20. The lowest BCUT2D eigenvalue weighted by Crippen LogP contribution is -2.45. The monoisotopic (exact) mass is 563 g/mol. The normalized spacial score (nSPS) is 16.4. The number of aryl methyl sites for hydroxylation is 1. The lowest BCUT2D eigenvalue weighted by Gasteiger charge is -2.42. The molecule has 38 heavy (non-hydrogen) atoms. The van der Waals surface area contributed by atoms with Crippen LogP contribution in [0.15, 0.2) is 17.5 Å². The van der Waals surface area contributed by atoms with Gasteiger partial charge in [-0.3, -0.25) is 4.79 Å². The summed E-state index contributed by atoms with van der Waals surface area (Å²) in [7, 11) is 1.16. The SMILES string of the molecule is COc1cc([C@@H](O[Si](C)(C)C(C)(C)C)[C@H](CCc2nc(CC(=O)O)cs2)OC2CCCC2)cc(OC)c1C. The molecule has 1 N–H and O–H groups in total. The highest BCUT2D eigenvalue weighted by Gasteiger charge is 2.42. The number of carboxylic acids is 1. The molecule has 1 saturated carbocycles. The lowest BCUT2D eigenvalue weighted by atomic mass is 9.98. The van der Waals surface area contributed by atoms with Crippen molar-refractivity contribution in [2.24, 2.45) is 0 Å². The fourth-order valence-corrected chi connectivity index (χ4v) is 6.74. The molecule has 3 rings (SSSR count). The molecule has 0 bridgehead atoms. The Bertz CT molecular complexity index is 1050. The van der Waals surface area contributed by atoms with Crippen LogP contribution >= 0.6 is 11.3 Å². The second-order valence-corrected chi connectivity index (χ2v) is 17.5. The topological polar surface area (TPSA) is 87.1 Å². The summed E-state index contributed by atoms with van der Waals surface area (Å²) in [6.45, 7) is 13.3. The van der Waals surface area contributed by atoms with E-state index in [9.17, 15) is 4.79 Å². The number of benzene rings is 1. The van der Waals surface area contributed by atoms with Gasteiger partial charge in [-0.25, -0.2) is 4.98 Å². The zero-order valence-corrected chi connectivity index (χ0v) is 26.1. The summed E-state index contributed by atoms with van der Waals surface area (Å²) in [5.41, 5.74) is 2.54. The van der Waals surface area contributed by atoms with Crippen LogP contribution in [0.1, 0.15) is 80.8 Å². The van der Waals surface area contributed by atoms with E-state index in [4.69, 9.17) is 23.7 Å². The summed E-state index contributed by atoms with van der Waals surface area (Å²) in [5, 5.41) is 11.9. The van der Waals surface area contributed by atoms with Crippen LogP contribution in [0.4, 0.5) is 0 Å². The van der Waals surface area contributed by atoms with Crippen molar-refractivity contribution < 1.29 is 28.5 Å². The number of hydrogen-bond donors (Lipinski definition) is 1. The van der Waals surface area contributed by atoms with Crippen molar-refractivity contribution in [2.75, 3.05) is 14.2 Å². The standard InChI is InChI=1S/C29H45NO6SSi/c1-19-24(33-5)15-20(16-25(19)34-6)28(36-38(7,8)29(2,3)4)23(35-22-11-9-10-12-22)13-14-26-30-21(18-37-26)17-27(31)32/h15-16,18,22-23,28H,9-14,17H2,1-8H3,(H,31,32)/t23-,28+/m0/s1. The molecule has 1 aromatic heterocycles. The van der Waals surface area contributed by atoms with Crippen molar-refractivity contribution in [1.82, 2.24) is 4.98 Å². The van der Waals surface area contributed by atoms with E-state index in [1.165, 1.54) is 24.2 Å². The molecule has 1 aliphatic carbocycles. The van der Waals surface area contributed by atoms with Crippen LogP contribution in [0.25, 0.3) is 0 Å². The van der Waals surface area contributed by atoms with Crippen LogP contribution in [-0.4, -0.2) is 50.8 Å². The molecule has 7 nitrogen and oxygen atoms in total. The smallest absolute Gasteiger partial charge is 0.309 e. The second kappa shape index (κ2) is 12.9. The molecule has 0 amide bonds. The van der Waals surface area contributed by atoms with Gasteiger partial charge in [-0.15, -0.1) is 11.3 Å². The number of aliphatic carboxylic acids is 1. The Labute approximate surface area is 233 Å². The van der Waals surface area contributed by atoms with Gasteiger partial charge >= 0.3 is 5.97 Å². The number of nitrogens with zero attached hydrogens (tertiary/aromatic N) is 1. The highest BCUT2D eigenvalue weighted by atomic mass is 32.1. The van der Waals surface area contributed by atoms with Crippen LogP contribution in [0.5, 0.6) is 11.5 Å². The number of hydrogen-bond acceptors (Lipinski definition) is 7. The van der Waals surface area contributed by atoms with Gasteiger partial charge in [0, 0.05) is 17.4 Å². The van der Waals surface area contributed by atoms with E-state index in [2.05, 4.69) is 51.0 Å². The summed E-state index contributed by atoms with van der Waals surface area (Å²) in [6.07, 6.45) is 5.54. The third-order valence-corrected chi connectivity index (χ3v) is 13.3. The number of methoxy groups -OCH3 is 2. The van der Waals surface area contributed by atoms with Crippen molar-refractivity contribution in [1.29, 1.82) is 0 Å². The van der Waals surface area contributed by atoms with Crippen LogP contribution in [0.2, 0.25) is 18.1 Å². The van der Waals surface area contributed by atoms with E-state index in [0.29, 0.717) is 18.5 Å². The van der Waals surface area contributed by atoms with E-state index in [1.807, 2.05) is 12.3 Å². The molecule has 0 saturated heterocycles. The Kier molecular flexibility index (Phi) is 10.4.